The summed E-state index contributed by atoms with van der Waals surface area (Å²) in [5.41, 5.74) is 1.01. The molecule has 2 bridgehead atoms. The summed E-state index contributed by atoms with van der Waals surface area (Å²) in [5.74, 6) is 1.78. The van der Waals surface area contributed by atoms with Crippen LogP contribution in [0.1, 0.15) is 30.7 Å². The zero-order valence-corrected chi connectivity index (χ0v) is 12.6. The Morgan fingerprint density at radius 3 is 2.63 bits per heavy atom. The smallest absolute Gasteiger partial charge is 0.137 e. The summed E-state index contributed by atoms with van der Waals surface area (Å²) in [4.78, 5) is 13.8. The minimum Gasteiger partial charge on any atom is -0.355 e. The van der Waals surface area contributed by atoms with Crippen LogP contribution in [0.2, 0.25) is 5.15 Å². The van der Waals surface area contributed by atoms with Crippen molar-refractivity contribution in [2.45, 2.75) is 45.2 Å². The van der Waals surface area contributed by atoms with Gasteiger partial charge in [-0.25, -0.2) is 9.97 Å². The molecule has 2 atom stereocenters. The monoisotopic (exact) mass is 280 g/mol. The normalized spacial score (nSPS) is 27.7. The van der Waals surface area contributed by atoms with Crippen LogP contribution >= 0.6 is 11.6 Å². The highest BCUT2D eigenvalue weighted by Crippen LogP contribution is 2.32. The van der Waals surface area contributed by atoms with Gasteiger partial charge in [-0.3, -0.25) is 4.90 Å². The van der Waals surface area contributed by atoms with E-state index in [0.717, 1.165) is 36.3 Å². The van der Waals surface area contributed by atoms with Gasteiger partial charge in [0.1, 0.15) is 16.8 Å². The van der Waals surface area contributed by atoms with Gasteiger partial charge in [-0.15, -0.1) is 0 Å². The predicted octanol–water partition coefficient (Wildman–Crippen LogP) is 2.42. The number of hydrogen-bond donors (Lipinski definition) is 0. The largest absolute Gasteiger partial charge is 0.355 e. The van der Waals surface area contributed by atoms with Crippen molar-refractivity contribution < 1.29 is 0 Å². The second kappa shape index (κ2) is 4.91. The number of hydrogen-bond acceptors (Lipinski definition) is 4. The molecule has 0 aromatic carbocycles. The minimum atomic E-state index is 0.588. The summed E-state index contributed by atoms with van der Waals surface area (Å²) < 4.78 is 0. The van der Waals surface area contributed by atoms with Gasteiger partial charge in [0, 0.05) is 30.7 Å². The number of nitrogens with zero attached hydrogens (tertiary/aromatic N) is 4. The van der Waals surface area contributed by atoms with Crippen LogP contribution in [0.15, 0.2) is 0 Å². The van der Waals surface area contributed by atoms with Gasteiger partial charge in [0.25, 0.3) is 0 Å². The van der Waals surface area contributed by atoms with Gasteiger partial charge in [-0.2, -0.15) is 0 Å². The van der Waals surface area contributed by atoms with Crippen LogP contribution in [0.3, 0.4) is 0 Å². The summed E-state index contributed by atoms with van der Waals surface area (Å²) in [7, 11) is 2.26. The number of fused-ring (bicyclic) bond motifs is 2. The molecule has 0 aliphatic carbocycles. The molecular formula is C14H21ClN4. The van der Waals surface area contributed by atoms with Crippen LogP contribution in [-0.2, 0) is 0 Å². The van der Waals surface area contributed by atoms with E-state index in [1.807, 2.05) is 13.8 Å². The van der Waals surface area contributed by atoms with E-state index < -0.39 is 0 Å². The van der Waals surface area contributed by atoms with Crippen LogP contribution in [0.5, 0.6) is 0 Å². The third-order valence-electron chi connectivity index (χ3n) is 4.62. The summed E-state index contributed by atoms with van der Waals surface area (Å²) >= 11 is 6.20. The average molecular weight is 281 g/mol. The van der Waals surface area contributed by atoms with Crippen LogP contribution in [0.4, 0.5) is 5.82 Å². The third kappa shape index (κ3) is 2.32. The van der Waals surface area contributed by atoms with E-state index >= 15 is 0 Å². The number of aromatic nitrogens is 2. The van der Waals surface area contributed by atoms with Crippen LogP contribution < -0.4 is 4.90 Å². The quantitative estimate of drug-likeness (QED) is 0.740. The van der Waals surface area contributed by atoms with Crippen molar-refractivity contribution in [2.75, 3.05) is 25.0 Å². The van der Waals surface area contributed by atoms with Gasteiger partial charge in [-0.1, -0.05) is 11.6 Å². The van der Waals surface area contributed by atoms with E-state index in [-0.39, 0.29) is 0 Å². The van der Waals surface area contributed by atoms with Crippen LogP contribution in [0.25, 0.3) is 0 Å². The van der Waals surface area contributed by atoms with Crippen molar-refractivity contribution in [3.8, 4) is 0 Å². The molecule has 2 saturated heterocycles. The highest BCUT2D eigenvalue weighted by Gasteiger charge is 2.35. The fourth-order valence-electron chi connectivity index (χ4n) is 3.39. The van der Waals surface area contributed by atoms with Crippen molar-refractivity contribution in [2.24, 2.45) is 0 Å². The number of aryl methyl sites for hydroxylation is 1. The minimum absolute atomic E-state index is 0.588. The Kier molecular flexibility index (Phi) is 3.39. The van der Waals surface area contributed by atoms with Gasteiger partial charge in [-0.05, 0) is 40.2 Å². The molecule has 0 N–H and O–H groups in total. The highest BCUT2D eigenvalue weighted by molar-refractivity contribution is 6.30. The van der Waals surface area contributed by atoms with E-state index in [4.69, 9.17) is 11.6 Å². The molecular weight excluding hydrogens is 260 g/mol. The standard InChI is InChI=1S/C14H21ClN4/c1-9-13(15)16-10(2)17-14(9)19-7-6-11-4-5-12(8-19)18(11)3/h11-12H,4-8H2,1-3H3. The first-order valence-corrected chi connectivity index (χ1v) is 7.41. The topological polar surface area (TPSA) is 32.3 Å². The van der Waals surface area contributed by atoms with Crippen molar-refractivity contribution in [1.29, 1.82) is 0 Å². The molecule has 0 saturated carbocycles. The van der Waals surface area contributed by atoms with Crippen molar-refractivity contribution in [3.05, 3.63) is 16.5 Å². The number of likely N-dealkylation sites (N-methyl/N-ethyl adjacent to an activating group) is 1. The Hall–Kier alpha value is -0.870. The van der Waals surface area contributed by atoms with Gasteiger partial charge in [0.05, 0.1) is 0 Å². The lowest BCUT2D eigenvalue weighted by Gasteiger charge is -2.28. The molecule has 104 valence electrons. The fourth-order valence-corrected chi connectivity index (χ4v) is 3.60. The van der Waals surface area contributed by atoms with Gasteiger partial charge >= 0.3 is 0 Å². The Morgan fingerprint density at radius 2 is 1.84 bits per heavy atom. The summed E-state index contributed by atoms with van der Waals surface area (Å²) in [6.07, 6.45) is 3.86. The molecule has 2 aliphatic heterocycles. The number of rotatable bonds is 1. The third-order valence-corrected chi connectivity index (χ3v) is 4.99. The molecule has 5 heteroatoms. The lowest BCUT2D eigenvalue weighted by Crippen LogP contribution is -2.37. The molecule has 1 aromatic heterocycles. The SMILES string of the molecule is Cc1nc(Cl)c(C)c(N2CCC3CCC(C2)N3C)n1. The molecule has 2 aliphatic rings. The average Bonchev–Trinajstić information content (AvgIpc) is 2.59. The van der Waals surface area contributed by atoms with Crippen molar-refractivity contribution in [1.82, 2.24) is 14.9 Å². The predicted molar refractivity (Wildman–Crippen MR) is 77.9 cm³/mol. The lowest BCUT2D eigenvalue weighted by atomic mass is 10.1. The molecule has 2 fully saturated rings. The highest BCUT2D eigenvalue weighted by atomic mass is 35.5. The molecule has 1 aromatic rings. The van der Waals surface area contributed by atoms with E-state index in [1.165, 1.54) is 19.3 Å². The first-order chi connectivity index (χ1) is 9.06. The molecule has 2 unspecified atom stereocenters. The van der Waals surface area contributed by atoms with Crippen LogP contribution in [0, 0.1) is 13.8 Å². The van der Waals surface area contributed by atoms with E-state index in [0.29, 0.717) is 11.2 Å². The lowest BCUT2D eigenvalue weighted by molar-refractivity contribution is 0.254. The second-order valence-corrected chi connectivity index (χ2v) is 6.15. The molecule has 3 rings (SSSR count). The molecule has 3 heterocycles. The van der Waals surface area contributed by atoms with E-state index in [1.54, 1.807) is 0 Å². The maximum Gasteiger partial charge on any atom is 0.137 e. The zero-order chi connectivity index (χ0) is 13.6. The van der Waals surface area contributed by atoms with Gasteiger partial charge in [0.2, 0.25) is 0 Å². The molecule has 0 radical (unpaired) electrons. The number of halogens is 1. The van der Waals surface area contributed by atoms with Crippen LogP contribution in [-0.4, -0.2) is 47.1 Å². The van der Waals surface area contributed by atoms with Crippen molar-refractivity contribution >= 4 is 17.4 Å². The van der Waals surface area contributed by atoms with Crippen molar-refractivity contribution in [3.63, 3.8) is 0 Å². The molecule has 0 spiro atoms. The Bertz CT molecular complexity index is 491. The Labute approximate surface area is 119 Å². The molecule has 0 amide bonds. The molecule has 4 nitrogen and oxygen atoms in total. The first kappa shape index (κ1) is 13.1. The second-order valence-electron chi connectivity index (χ2n) is 5.80. The summed E-state index contributed by atoms with van der Waals surface area (Å²) in [5, 5.41) is 0.588. The van der Waals surface area contributed by atoms with Gasteiger partial charge in [0.15, 0.2) is 0 Å². The first-order valence-electron chi connectivity index (χ1n) is 7.04. The number of anilines is 1. The summed E-state index contributed by atoms with van der Waals surface area (Å²) in [6, 6.07) is 1.40. The maximum atomic E-state index is 6.20. The maximum absolute atomic E-state index is 6.20. The summed E-state index contributed by atoms with van der Waals surface area (Å²) in [6.45, 7) is 6.05. The van der Waals surface area contributed by atoms with Gasteiger partial charge < -0.3 is 4.90 Å². The zero-order valence-electron chi connectivity index (χ0n) is 11.9. The fraction of sp³-hybridized carbons (Fsp3) is 0.714. The Balaban J connectivity index is 1.91. The molecule has 19 heavy (non-hydrogen) atoms. The van der Waals surface area contributed by atoms with E-state index in [9.17, 15) is 0 Å². The Morgan fingerprint density at radius 1 is 1.11 bits per heavy atom. The van der Waals surface area contributed by atoms with E-state index in [2.05, 4.69) is 26.8 Å².